The van der Waals surface area contributed by atoms with Gasteiger partial charge >= 0.3 is 41.5 Å². The molecule has 118 valence electrons. The first-order chi connectivity index (χ1) is 9.16. The molecule has 9 heteroatoms. The Bertz CT molecular complexity index is 406. The molecule has 1 atom stereocenters. The van der Waals surface area contributed by atoms with Crippen LogP contribution in [0, 0.1) is 6.42 Å². The van der Waals surface area contributed by atoms with E-state index in [1.54, 1.807) is 0 Å². The molecule has 0 aliphatic carbocycles. The Morgan fingerprint density at radius 1 is 1.33 bits per heavy atom. The smallest absolute Gasteiger partial charge is 0.481 e. The fraction of sp³-hybridized carbons (Fsp3) is 0.583. The predicted molar refractivity (Wildman–Crippen MR) is 73.9 cm³/mol. The molecule has 0 saturated heterocycles. The fourth-order valence-corrected chi connectivity index (χ4v) is 1.67. The van der Waals surface area contributed by atoms with E-state index in [0.717, 1.165) is 6.42 Å². The number of hydrogen-bond donors (Lipinski definition) is 3. The maximum atomic E-state index is 10.2. The second-order valence-corrected chi connectivity index (χ2v) is 5.49. The van der Waals surface area contributed by atoms with Crippen molar-refractivity contribution in [3.05, 3.63) is 19.1 Å². The van der Waals surface area contributed by atoms with Gasteiger partial charge in [0.2, 0.25) is 0 Å². The Hall–Kier alpha value is -0.410. The van der Waals surface area contributed by atoms with Gasteiger partial charge < -0.3 is 16.6 Å². The number of rotatable bonds is 9. The number of carboxylic acid groups (broad SMARTS) is 2. The first-order valence-corrected chi connectivity index (χ1v) is 7.50. The molecule has 0 spiro atoms. The summed E-state index contributed by atoms with van der Waals surface area (Å²) in [6.45, 7) is 5.84. The Balaban J connectivity index is -0.000000317. The minimum absolute atomic E-state index is 0. The van der Waals surface area contributed by atoms with Gasteiger partial charge in [0.25, 0.3) is 10.1 Å². The normalized spacial score (nSPS) is 11.3. The van der Waals surface area contributed by atoms with Gasteiger partial charge in [-0.3, -0.25) is 14.1 Å². The van der Waals surface area contributed by atoms with Crippen LogP contribution in [0.2, 0.25) is 0 Å². The second kappa shape index (κ2) is 14.5. The van der Waals surface area contributed by atoms with Crippen LogP contribution < -0.4 is 29.6 Å². The van der Waals surface area contributed by atoms with Crippen LogP contribution in [0.4, 0.5) is 0 Å². The molecule has 0 saturated carbocycles. The van der Waals surface area contributed by atoms with Crippen LogP contribution in [-0.2, 0) is 19.7 Å². The van der Waals surface area contributed by atoms with Gasteiger partial charge in [-0.25, -0.2) is 0 Å². The zero-order valence-corrected chi connectivity index (χ0v) is 15.2. The Labute approximate surface area is 147 Å². The average molecular weight is 332 g/mol. The molecule has 1 unspecified atom stereocenters. The quantitative estimate of drug-likeness (QED) is 0.158. The van der Waals surface area contributed by atoms with E-state index in [-0.39, 0.29) is 29.6 Å². The van der Waals surface area contributed by atoms with Gasteiger partial charge in [-0.15, -0.1) is 12.7 Å². The van der Waals surface area contributed by atoms with Crippen molar-refractivity contribution in [3.63, 3.8) is 0 Å². The number of carbonyl (C=O) groups is 2. The minimum Gasteiger partial charge on any atom is -0.481 e. The molecule has 0 fully saturated rings. The maximum absolute atomic E-state index is 10.2. The van der Waals surface area contributed by atoms with Crippen LogP contribution in [0.5, 0.6) is 0 Å². The minimum atomic E-state index is -4.84. The molecule has 0 aliphatic rings. The van der Waals surface area contributed by atoms with E-state index in [9.17, 15) is 18.0 Å². The topological polar surface area (TPSA) is 129 Å². The van der Waals surface area contributed by atoms with E-state index in [2.05, 4.69) is 19.9 Å². The van der Waals surface area contributed by atoms with Crippen LogP contribution >= 0.6 is 0 Å². The van der Waals surface area contributed by atoms with Crippen molar-refractivity contribution in [1.82, 2.24) is 0 Å². The molecule has 0 heterocycles. The van der Waals surface area contributed by atoms with E-state index in [1.807, 2.05) is 6.08 Å². The van der Waals surface area contributed by atoms with Crippen molar-refractivity contribution in [1.29, 1.82) is 0 Å². The molecular formula is C12H21NaO7S. The van der Waals surface area contributed by atoms with Crippen LogP contribution in [0.1, 0.15) is 39.0 Å². The van der Waals surface area contributed by atoms with Crippen molar-refractivity contribution in [3.8, 4) is 0 Å². The van der Waals surface area contributed by atoms with Crippen molar-refractivity contribution in [2.24, 2.45) is 0 Å². The fourth-order valence-electron chi connectivity index (χ4n) is 1.06. The summed E-state index contributed by atoms with van der Waals surface area (Å²) in [4.78, 5) is 20.0. The monoisotopic (exact) mass is 332 g/mol. The summed E-state index contributed by atoms with van der Waals surface area (Å²) in [6, 6.07) is 0. The van der Waals surface area contributed by atoms with Crippen LogP contribution in [0.25, 0.3) is 0 Å². The summed E-state index contributed by atoms with van der Waals surface area (Å²) in [5.41, 5.74) is 0. The second-order valence-electron chi connectivity index (χ2n) is 3.89. The number of allylic oxidation sites excluding steroid dienone is 1. The van der Waals surface area contributed by atoms with Gasteiger partial charge in [0.15, 0.2) is 5.25 Å². The van der Waals surface area contributed by atoms with Crippen LogP contribution in [0.15, 0.2) is 12.7 Å². The van der Waals surface area contributed by atoms with Crippen LogP contribution in [0.3, 0.4) is 0 Å². The van der Waals surface area contributed by atoms with Gasteiger partial charge in [-0.2, -0.15) is 21.3 Å². The Kier molecular flexibility index (Phi) is 17.7. The van der Waals surface area contributed by atoms with E-state index >= 15 is 0 Å². The molecule has 0 radical (unpaired) electrons. The average Bonchev–Trinajstić information content (AvgIpc) is 2.31. The van der Waals surface area contributed by atoms with Gasteiger partial charge in [-0.05, 0) is 0 Å². The Morgan fingerprint density at radius 2 is 1.86 bits per heavy atom. The summed E-state index contributed by atoms with van der Waals surface area (Å²) in [5.74, 6) is -3.50. The third-order valence-corrected chi connectivity index (χ3v) is 3.18. The molecule has 0 amide bonds. The third-order valence-electron chi connectivity index (χ3n) is 2.09. The van der Waals surface area contributed by atoms with Gasteiger partial charge in [0.05, 0.1) is 6.42 Å². The van der Waals surface area contributed by atoms with Gasteiger partial charge in [-0.1, -0.05) is 19.8 Å². The molecule has 0 rings (SSSR count). The van der Waals surface area contributed by atoms with Crippen molar-refractivity contribution < 1.29 is 62.3 Å². The molecule has 0 aromatic carbocycles. The Morgan fingerprint density at radius 3 is 2.10 bits per heavy atom. The number of unbranched alkanes of at least 4 members (excludes halogenated alkanes) is 4. The standard InChI is InChI=1S/C8H15.C4H6O7S.Na/c1-3-5-7-8-6-4-2;5-3(6)1-2(4(7)8)12(9,10)11;/h3,7H,1,4-6,8H2,2H3;2H,1H2,(H,5,6)(H,7,8)(H,9,10,11);/q-1;;+1. The zero-order valence-electron chi connectivity index (χ0n) is 12.4. The molecule has 0 aromatic rings. The summed E-state index contributed by atoms with van der Waals surface area (Å²) in [5, 5.41) is 13.9. The largest absolute Gasteiger partial charge is 1.00 e. The summed E-state index contributed by atoms with van der Waals surface area (Å²) in [6.07, 6.45) is 8.00. The molecule has 0 bridgehead atoms. The first-order valence-electron chi connectivity index (χ1n) is 6.00. The first kappa shape index (κ1) is 25.5. The van der Waals surface area contributed by atoms with Gasteiger partial charge in [0, 0.05) is 0 Å². The summed E-state index contributed by atoms with van der Waals surface area (Å²) >= 11 is 0. The van der Waals surface area contributed by atoms with E-state index < -0.39 is 33.7 Å². The number of hydrogen-bond acceptors (Lipinski definition) is 4. The molecular weight excluding hydrogens is 311 g/mol. The summed E-state index contributed by atoms with van der Waals surface area (Å²) < 4.78 is 28.7. The SMILES string of the molecule is C=CC[CH-]CCCC.O=C(O)CC(C(=O)O)S(=O)(=O)O.[Na+]. The molecule has 3 N–H and O–H groups in total. The van der Waals surface area contributed by atoms with E-state index in [0.29, 0.717) is 0 Å². The van der Waals surface area contributed by atoms with E-state index in [4.69, 9.17) is 14.8 Å². The van der Waals surface area contributed by atoms with E-state index in [1.165, 1.54) is 19.3 Å². The van der Waals surface area contributed by atoms with Crippen LogP contribution in [-0.4, -0.2) is 40.4 Å². The molecule has 21 heavy (non-hydrogen) atoms. The van der Waals surface area contributed by atoms with Crippen molar-refractivity contribution in [2.45, 2.75) is 44.3 Å². The van der Waals surface area contributed by atoms with Crippen molar-refractivity contribution >= 4 is 22.1 Å². The zero-order chi connectivity index (χ0) is 16.2. The van der Waals surface area contributed by atoms with Crippen molar-refractivity contribution in [2.75, 3.05) is 0 Å². The predicted octanol–water partition coefficient (Wildman–Crippen LogP) is -1.24. The molecule has 7 nitrogen and oxygen atoms in total. The molecule has 0 aromatic heterocycles. The van der Waals surface area contributed by atoms with Gasteiger partial charge in [0.1, 0.15) is 0 Å². The number of aliphatic carboxylic acids is 2. The molecule has 0 aliphatic heterocycles. The summed E-state index contributed by atoms with van der Waals surface area (Å²) in [7, 11) is -4.84. The third kappa shape index (κ3) is 17.5. The number of carboxylic acids is 2. The maximum Gasteiger partial charge on any atom is 1.00 e.